The summed E-state index contributed by atoms with van der Waals surface area (Å²) in [4.78, 5) is 4.47. The van der Waals surface area contributed by atoms with Gasteiger partial charge in [0.15, 0.2) is 8.32 Å². The van der Waals surface area contributed by atoms with Crippen molar-refractivity contribution in [1.29, 1.82) is 0 Å². The normalized spacial score (nSPS) is 14.0. The lowest BCUT2D eigenvalue weighted by molar-refractivity contribution is 0.266. The highest BCUT2D eigenvalue weighted by atomic mass is 28.4. The minimum atomic E-state index is -1.65. The number of anilines is 1. The average Bonchev–Trinajstić information content (AvgIpc) is 2.86. The summed E-state index contributed by atoms with van der Waals surface area (Å²) >= 11 is 0. The fourth-order valence-electron chi connectivity index (χ4n) is 2.90. The first kappa shape index (κ1) is 20.8. The van der Waals surface area contributed by atoms with Crippen LogP contribution in [0.4, 0.5) is 5.95 Å². The molecule has 2 N–H and O–H groups in total. The summed E-state index contributed by atoms with van der Waals surface area (Å²) in [5.41, 5.74) is 8.03. The van der Waals surface area contributed by atoms with Gasteiger partial charge in [0.05, 0.1) is 12.6 Å². The van der Waals surface area contributed by atoms with Crippen molar-refractivity contribution in [2.24, 2.45) is 5.92 Å². The highest BCUT2D eigenvalue weighted by Gasteiger charge is 2.36. The van der Waals surface area contributed by atoms with Crippen LogP contribution in [0.5, 0.6) is 5.75 Å². The van der Waals surface area contributed by atoms with E-state index in [4.69, 9.17) is 14.9 Å². The monoisotopic (exact) mass is 377 g/mol. The van der Waals surface area contributed by atoms with Gasteiger partial charge in [-0.1, -0.05) is 33.8 Å². The van der Waals surface area contributed by atoms with E-state index >= 15 is 0 Å². The second-order valence-electron chi connectivity index (χ2n) is 8.76. The van der Waals surface area contributed by atoms with Crippen molar-refractivity contribution in [3.05, 3.63) is 18.2 Å². The van der Waals surface area contributed by atoms with E-state index in [9.17, 15) is 0 Å². The molecule has 0 bridgehead atoms. The number of benzene rings is 1. The van der Waals surface area contributed by atoms with Gasteiger partial charge in [-0.3, -0.25) is 0 Å². The largest absolute Gasteiger partial charge is 0.494 e. The van der Waals surface area contributed by atoms with Crippen molar-refractivity contribution >= 4 is 25.3 Å². The summed E-state index contributed by atoms with van der Waals surface area (Å²) in [6, 6.07) is 5.87. The Labute approximate surface area is 159 Å². The number of aromatic nitrogens is 2. The molecule has 0 aliphatic heterocycles. The first-order chi connectivity index (χ1) is 12.1. The van der Waals surface area contributed by atoms with Gasteiger partial charge in [0.1, 0.15) is 11.3 Å². The average molecular weight is 378 g/mol. The Morgan fingerprint density at radius 2 is 1.96 bits per heavy atom. The van der Waals surface area contributed by atoms with E-state index < -0.39 is 8.32 Å². The van der Waals surface area contributed by atoms with Gasteiger partial charge >= 0.3 is 0 Å². The first-order valence-electron chi connectivity index (χ1n) is 9.49. The molecule has 5 nitrogen and oxygen atoms in total. The number of nitrogen functional groups attached to an aromatic ring is 1. The quantitative estimate of drug-likeness (QED) is 0.515. The van der Waals surface area contributed by atoms with Crippen LogP contribution in [-0.2, 0) is 11.0 Å². The van der Waals surface area contributed by atoms with Crippen LogP contribution in [0.25, 0.3) is 11.0 Å². The Kier molecular flexibility index (Phi) is 6.40. The molecule has 0 aliphatic carbocycles. The van der Waals surface area contributed by atoms with Crippen molar-refractivity contribution in [2.75, 3.05) is 19.5 Å². The summed E-state index contributed by atoms with van der Waals surface area (Å²) in [5, 5.41) is 0.263. The Hall–Kier alpha value is -1.53. The number of hydrogen-bond donors (Lipinski definition) is 1. The Bertz CT molecular complexity index is 734. The molecule has 0 saturated carbocycles. The molecule has 2 aromatic rings. The van der Waals surface area contributed by atoms with Gasteiger partial charge in [0, 0.05) is 13.2 Å². The van der Waals surface area contributed by atoms with E-state index in [1.165, 1.54) is 0 Å². The topological polar surface area (TPSA) is 62.3 Å². The molecule has 1 atom stereocenters. The standard InChI is InChI=1S/C20H35N3O2Si/c1-15(10-9-13-25-26(6,7)20(2,3)4)14-23-18-16(22-19(23)21)11-8-12-17(18)24-5/h8,11-12,15H,9-10,13-14H2,1-7H3,(H2,21,22)/t15-/m1/s1. The van der Waals surface area contributed by atoms with Crippen LogP contribution in [0.15, 0.2) is 18.2 Å². The molecule has 0 spiro atoms. The van der Waals surface area contributed by atoms with Gasteiger partial charge in [0.2, 0.25) is 5.95 Å². The maximum absolute atomic E-state index is 6.29. The first-order valence-corrected chi connectivity index (χ1v) is 12.4. The van der Waals surface area contributed by atoms with Gasteiger partial charge in [-0.15, -0.1) is 0 Å². The number of para-hydroxylation sites is 1. The molecular formula is C20H35N3O2Si. The maximum atomic E-state index is 6.29. The molecule has 6 heteroatoms. The van der Waals surface area contributed by atoms with E-state index in [-0.39, 0.29) is 5.04 Å². The summed E-state index contributed by atoms with van der Waals surface area (Å²) in [5.74, 6) is 1.86. The summed E-state index contributed by atoms with van der Waals surface area (Å²) in [6.45, 7) is 15.4. The number of nitrogens with zero attached hydrogens (tertiary/aromatic N) is 2. The van der Waals surface area contributed by atoms with Crippen molar-refractivity contribution in [1.82, 2.24) is 9.55 Å². The van der Waals surface area contributed by atoms with E-state index in [0.717, 1.165) is 42.8 Å². The Morgan fingerprint density at radius 1 is 1.27 bits per heavy atom. The lowest BCUT2D eigenvalue weighted by atomic mass is 10.1. The van der Waals surface area contributed by atoms with Crippen LogP contribution in [0, 0.1) is 5.92 Å². The third kappa shape index (κ3) is 4.60. The van der Waals surface area contributed by atoms with Crippen molar-refractivity contribution < 1.29 is 9.16 Å². The Balaban J connectivity index is 1.96. The molecule has 2 rings (SSSR count). The summed E-state index contributed by atoms with van der Waals surface area (Å²) < 4.78 is 13.9. The second kappa shape index (κ2) is 8.01. The molecule has 0 aliphatic rings. The molecule has 0 amide bonds. The lowest BCUT2D eigenvalue weighted by Gasteiger charge is -2.36. The Morgan fingerprint density at radius 3 is 2.58 bits per heavy atom. The predicted molar refractivity (Wildman–Crippen MR) is 112 cm³/mol. The number of ether oxygens (including phenoxy) is 1. The lowest BCUT2D eigenvalue weighted by Crippen LogP contribution is -2.41. The highest BCUT2D eigenvalue weighted by molar-refractivity contribution is 6.74. The molecule has 0 fully saturated rings. The third-order valence-corrected chi connectivity index (χ3v) is 10.1. The fraction of sp³-hybridized carbons (Fsp3) is 0.650. The molecule has 1 aromatic heterocycles. The molecule has 146 valence electrons. The van der Waals surface area contributed by atoms with Crippen LogP contribution in [0.2, 0.25) is 18.1 Å². The predicted octanol–water partition coefficient (Wildman–Crippen LogP) is 5.07. The minimum absolute atomic E-state index is 0.263. The SMILES string of the molecule is COc1cccc2nc(N)n(C[C@H](C)CCCO[Si](C)(C)C(C)(C)C)c12. The zero-order chi connectivity index (χ0) is 19.5. The summed E-state index contributed by atoms with van der Waals surface area (Å²) in [6.07, 6.45) is 2.17. The highest BCUT2D eigenvalue weighted by Crippen LogP contribution is 2.36. The number of fused-ring (bicyclic) bond motifs is 1. The zero-order valence-corrected chi connectivity index (χ0v) is 18.4. The van der Waals surface area contributed by atoms with Crippen molar-refractivity contribution in [3.63, 3.8) is 0 Å². The third-order valence-electron chi connectivity index (χ3n) is 5.58. The number of imidazole rings is 1. The zero-order valence-electron chi connectivity index (χ0n) is 17.4. The number of nitrogens with two attached hydrogens (primary N) is 1. The molecule has 1 heterocycles. The van der Waals surface area contributed by atoms with Crippen molar-refractivity contribution in [3.8, 4) is 5.75 Å². The molecule has 0 radical (unpaired) electrons. The number of methoxy groups -OCH3 is 1. The fourth-order valence-corrected chi connectivity index (χ4v) is 3.99. The van der Waals surface area contributed by atoms with E-state index in [2.05, 4.69) is 50.3 Å². The van der Waals surface area contributed by atoms with Crippen LogP contribution >= 0.6 is 0 Å². The van der Waals surface area contributed by atoms with Crippen LogP contribution in [0.1, 0.15) is 40.5 Å². The number of rotatable bonds is 8. The second-order valence-corrected chi connectivity index (χ2v) is 13.6. The van der Waals surface area contributed by atoms with Gasteiger partial charge in [0.25, 0.3) is 0 Å². The smallest absolute Gasteiger partial charge is 0.201 e. The van der Waals surface area contributed by atoms with Gasteiger partial charge in [-0.2, -0.15) is 0 Å². The van der Waals surface area contributed by atoms with Crippen LogP contribution < -0.4 is 10.5 Å². The van der Waals surface area contributed by atoms with Gasteiger partial charge in [-0.25, -0.2) is 4.98 Å². The van der Waals surface area contributed by atoms with Crippen molar-refractivity contribution in [2.45, 2.75) is 65.2 Å². The van der Waals surface area contributed by atoms with E-state index in [1.807, 2.05) is 18.2 Å². The van der Waals surface area contributed by atoms with Crippen LogP contribution in [0.3, 0.4) is 0 Å². The summed E-state index contributed by atoms with van der Waals surface area (Å²) in [7, 11) is 0.0349. The molecule has 0 saturated heterocycles. The minimum Gasteiger partial charge on any atom is -0.494 e. The molecule has 1 aromatic carbocycles. The maximum Gasteiger partial charge on any atom is 0.201 e. The number of hydrogen-bond acceptors (Lipinski definition) is 4. The molecule has 0 unspecified atom stereocenters. The van der Waals surface area contributed by atoms with Gasteiger partial charge < -0.3 is 19.5 Å². The van der Waals surface area contributed by atoms with E-state index in [1.54, 1.807) is 7.11 Å². The van der Waals surface area contributed by atoms with E-state index in [0.29, 0.717) is 11.9 Å². The van der Waals surface area contributed by atoms with Gasteiger partial charge in [-0.05, 0) is 49.0 Å². The van der Waals surface area contributed by atoms with Crippen LogP contribution in [-0.4, -0.2) is 31.6 Å². The molecular weight excluding hydrogens is 342 g/mol. The molecule has 26 heavy (non-hydrogen) atoms.